The molecule has 0 aliphatic carbocycles. The molecule has 7 heteroatoms. The van der Waals surface area contributed by atoms with Gasteiger partial charge in [0.15, 0.2) is 5.17 Å². The first-order chi connectivity index (χ1) is 14.3. The van der Waals surface area contributed by atoms with Crippen LogP contribution in [0.25, 0.3) is 0 Å². The maximum atomic E-state index is 15.2. The van der Waals surface area contributed by atoms with Crippen LogP contribution in [0.1, 0.15) is 36.7 Å². The largest absolute Gasteiger partial charge is 0.378 e. The van der Waals surface area contributed by atoms with Gasteiger partial charge in [0.05, 0.1) is 30.6 Å². The van der Waals surface area contributed by atoms with Gasteiger partial charge in [0.25, 0.3) is 0 Å². The number of hydrogen-bond donors (Lipinski definition) is 0. The summed E-state index contributed by atoms with van der Waals surface area (Å²) in [6.45, 7) is 4.95. The summed E-state index contributed by atoms with van der Waals surface area (Å²) >= 11 is 1.80. The summed E-state index contributed by atoms with van der Waals surface area (Å²) in [6.07, 6.45) is 2.86. The number of rotatable bonds is 4. The molecular formula is C22H25FN4OS. The van der Waals surface area contributed by atoms with E-state index < -0.39 is 0 Å². The first-order valence-electron chi connectivity index (χ1n) is 10.3. The third kappa shape index (κ3) is 3.40. The Balaban J connectivity index is 1.52. The normalized spacial score (nSPS) is 26.6. The number of ether oxygens (including phenoxy) is 1. The molecule has 0 N–H and O–H groups in total. The van der Waals surface area contributed by atoms with Gasteiger partial charge < -0.3 is 14.5 Å². The van der Waals surface area contributed by atoms with Crippen molar-refractivity contribution in [1.82, 2.24) is 9.88 Å². The number of nitrogens with zero attached hydrogens (tertiary/aromatic N) is 4. The monoisotopic (exact) mass is 412 g/mol. The van der Waals surface area contributed by atoms with Crippen molar-refractivity contribution < 1.29 is 9.13 Å². The third-order valence-corrected chi connectivity index (χ3v) is 7.12. The van der Waals surface area contributed by atoms with Crippen LogP contribution in [0.5, 0.6) is 0 Å². The number of benzene rings is 1. The van der Waals surface area contributed by atoms with Crippen LogP contribution in [0.15, 0.2) is 47.6 Å². The topological polar surface area (TPSA) is 41.0 Å². The second-order valence-corrected chi connectivity index (χ2v) is 8.63. The van der Waals surface area contributed by atoms with Crippen LogP contribution in [0.4, 0.5) is 10.1 Å². The number of aliphatic imine (C=N–C) groups is 1. The highest BCUT2D eigenvalue weighted by molar-refractivity contribution is 8.14. The average molecular weight is 413 g/mol. The van der Waals surface area contributed by atoms with E-state index in [9.17, 15) is 0 Å². The number of morpholine rings is 1. The highest BCUT2D eigenvalue weighted by Gasteiger charge is 2.45. The highest BCUT2D eigenvalue weighted by Crippen LogP contribution is 2.48. The first kappa shape index (κ1) is 18.9. The molecule has 1 aromatic heterocycles. The minimum atomic E-state index is -0.169. The van der Waals surface area contributed by atoms with Gasteiger partial charge in [0.2, 0.25) is 0 Å². The molecule has 0 bridgehead atoms. The number of thioether (sulfide) groups is 1. The fourth-order valence-electron chi connectivity index (χ4n) is 4.48. The molecule has 0 unspecified atom stereocenters. The maximum absolute atomic E-state index is 15.2. The van der Waals surface area contributed by atoms with Crippen LogP contribution in [-0.2, 0) is 4.74 Å². The summed E-state index contributed by atoms with van der Waals surface area (Å²) in [5, 5.41) is 1.06. The van der Waals surface area contributed by atoms with Gasteiger partial charge in [-0.25, -0.2) is 4.39 Å². The third-order valence-electron chi connectivity index (χ3n) is 5.99. The van der Waals surface area contributed by atoms with E-state index >= 15 is 4.39 Å². The second kappa shape index (κ2) is 7.95. The fourth-order valence-corrected chi connectivity index (χ4v) is 5.82. The number of aromatic nitrogens is 1. The second-order valence-electron chi connectivity index (χ2n) is 7.65. The Hall–Kier alpha value is -2.12. The van der Waals surface area contributed by atoms with Crippen molar-refractivity contribution in [2.75, 3.05) is 37.0 Å². The maximum Gasteiger partial charge on any atom is 0.160 e. The lowest BCUT2D eigenvalue weighted by molar-refractivity contribution is 0.122. The minimum absolute atomic E-state index is 0.0203. The molecule has 3 aliphatic rings. The lowest BCUT2D eigenvalue weighted by Gasteiger charge is -2.33. The number of hydrogen-bond acceptors (Lipinski definition) is 6. The van der Waals surface area contributed by atoms with Crippen LogP contribution < -0.4 is 4.90 Å². The molecule has 29 heavy (non-hydrogen) atoms. The molecule has 0 radical (unpaired) electrons. The summed E-state index contributed by atoms with van der Waals surface area (Å²) in [6, 6.07) is 11.9. The smallest absolute Gasteiger partial charge is 0.160 e. The minimum Gasteiger partial charge on any atom is -0.378 e. The first-order valence-corrected chi connectivity index (χ1v) is 11.3. The highest BCUT2D eigenvalue weighted by atomic mass is 32.2. The van der Waals surface area contributed by atoms with Crippen molar-refractivity contribution in [2.24, 2.45) is 4.99 Å². The van der Waals surface area contributed by atoms with Crippen molar-refractivity contribution in [3.63, 3.8) is 0 Å². The van der Waals surface area contributed by atoms with E-state index in [0.29, 0.717) is 24.9 Å². The zero-order valence-corrected chi connectivity index (χ0v) is 17.3. The van der Waals surface area contributed by atoms with Gasteiger partial charge in [0, 0.05) is 31.1 Å². The predicted octanol–water partition coefficient (Wildman–Crippen LogP) is 4.04. The molecule has 4 heterocycles. The Morgan fingerprint density at radius 3 is 2.79 bits per heavy atom. The Bertz CT molecular complexity index is 903. The molecule has 2 aromatic rings. The van der Waals surface area contributed by atoms with Crippen molar-refractivity contribution in [3.05, 3.63) is 59.7 Å². The molecule has 0 amide bonds. The Morgan fingerprint density at radius 1 is 1.21 bits per heavy atom. The molecule has 1 aromatic carbocycles. The van der Waals surface area contributed by atoms with Gasteiger partial charge >= 0.3 is 0 Å². The molecule has 3 atom stereocenters. The van der Waals surface area contributed by atoms with Gasteiger partial charge in [-0.2, -0.15) is 0 Å². The van der Waals surface area contributed by atoms with Crippen LogP contribution >= 0.6 is 11.8 Å². The van der Waals surface area contributed by atoms with Crippen LogP contribution in [0, 0.1) is 5.82 Å². The molecule has 5 rings (SSSR count). The summed E-state index contributed by atoms with van der Waals surface area (Å²) in [5.74, 6) is 0.868. The Labute approximate surface area is 175 Å². The zero-order valence-electron chi connectivity index (χ0n) is 16.5. The molecule has 0 saturated carbocycles. The predicted molar refractivity (Wildman–Crippen MR) is 115 cm³/mol. The van der Waals surface area contributed by atoms with Gasteiger partial charge in [-0.05, 0) is 36.2 Å². The van der Waals surface area contributed by atoms with Crippen molar-refractivity contribution in [1.29, 1.82) is 0 Å². The van der Waals surface area contributed by atoms with Crippen LogP contribution in [0.3, 0.4) is 0 Å². The van der Waals surface area contributed by atoms with E-state index in [1.54, 1.807) is 17.8 Å². The average Bonchev–Trinajstić information content (AvgIpc) is 3.34. The quantitative estimate of drug-likeness (QED) is 0.758. The Morgan fingerprint density at radius 2 is 2.07 bits per heavy atom. The van der Waals surface area contributed by atoms with E-state index in [1.807, 2.05) is 30.5 Å². The van der Waals surface area contributed by atoms with Crippen molar-refractivity contribution in [2.45, 2.75) is 31.5 Å². The lowest BCUT2D eigenvalue weighted by atomic mass is 9.94. The standard InChI is InChI=1S/C22H25FN4OS/c1-2-16-14-29-22-25-20(18-5-3-4-8-24-18)21(27(16)22)15-6-7-19(17(23)13-15)26-9-11-28-12-10-26/h3-8,13,16,20-21H,2,9-12,14H2,1H3/t16-,20-,21+/m0/s1. The SMILES string of the molecule is CC[C@H]1CSC2=N[C@@H](c3ccccn3)[C@@H](c3ccc(N4CCOCC4)c(F)c3)N21. The number of amidine groups is 1. The fraction of sp³-hybridized carbons (Fsp3) is 0.455. The summed E-state index contributed by atoms with van der Waals surface area (Å²) < 4.78 is 20.6. The van der Waals surface area contributed by atoms with E-state index in [1.165, 1.54) is 0 Å². The number of fused-ring (bicyclic) bond motifs is 1. The molecule has 2 fully saturated rings. The van der Waals surface area contributed by atoms with E-state index in [4.69, 9.17) is 9.73 Å². The van der Waals surface area contributed by atoms with E-state index in [2.05, 4.69) is 27.8 Å². The van der Waals surface area contributed by atoms with Gasteiger partial charge in [0.1, 0.15) is 11.9 Å². The summed E-state index contributed by atoms with van der Waals surface area (Å²) in [4.78, 5) is 14.0. The van der Waals surface area contributed by atoms with Gasteiger partial charge in [-0.15, -0.1) is 0 Å². The van der Waals surface area contributed by atoms with Crippen molar-refractivity contribution >= 4 is 22.6 Å². The molecule has 3 aliphatic heterocycles. The van der Waals surface area contributed by atoms with Crippen LogP contribution in [-0.4, -0.2) is 53.1 Å². The summed E-state index contributed by atoms with van der Waals surface area (Å²) in [5.41, 5.74) is 2.57. The van der Waals surface area contributed by atoms with Crippen molar-refractivity contribution in [3.8, 4) is 0 Å². The molecule has 152 valence electrons. The number of pyridine rings is 1. The Kier molecular flexibility index (Phi) is 5.18. The molecule has 5 nitrogen and oxygen atoms in total. The van der Waals surface area contributed by atoms with E-state index in [0.717, 1.165) is 41.7 Å². The van der Waals surface area contributed by atoms with Crippen LogP contribution in [0.2, 0.25) is 0 Å². The van der Waals surface area contributed by atoms with E-state index in [-0.39, 0.29) is 17.9 Å². The zero-order chi connectivity index (χ0) is 19.8. The van der Waals surface area contributed by atoms with Gasteiger partial charge in [-0.1, -0.05) is 30.8 Å². The number of anilines is 1. The van der Waals surface area contributed by atoms with Gasteiger partial charge in [-0.3, -0.25) is 9.98 Å². The number of halogens is 1. The lowest BCUT2D eigenvalue weighted by Crippen LogP contribution is -2.37. The molecule has 0 spiro atoms. The molecular weight excluding hydrogens is 387 g/mol. The molecule has 2 saturated heterocycles. The summed E-state index contributed by atoms with van der Waals surface area (Å²) in [7, 11) is 0.